The summed E-state index contributed by atoms with van der Waals surface area (Å²) < 4.78 is 29.5. The Hall–Kier alpha value is -2.40. The molecule has 4 nitrogen and oxygen atoms in total. The summed E-state index contributed by atoms with van der Waals surface area (Å²) in [5, 5.41) is 0. The minimum atomic E-state index is -3.24. The molecule has 0 spiro atoms. The maximum absolute atomic E-state index is 11.9. The van der Waals surface area contributed by atoms with Crippen LogP contribution in [-0.2, 0) is 9.84 Å². The van der Waals surface area contributed by atoms with Crippen LogP contribution in [0.5, 0.6) is 0 Å². The van der Waals surface area contributed by atoms with Gasteiger partial charge < -0.3 is 4.42 Å². The summed E-state index contributed by atoms with van der Waals surface area (Å²) in [6, 6.07) is 12.9. The van der Waals surface area contributed by atoms with Gasteiger partial charge >= 0.3 is 0 Å². The van der Waals surface area contributed by atoms with Gasteiger partial charge in [-0.2, -0.15) is 0 Å². The number of hydrogen-bond donors (Lipinski definition) is 0. The lowest BCUT2D eigenvalue weighted by Gasteiger charge is -1.99. The fraction of sp³-hybridized carbons (Fsp3) is 0.167. The van der Waals surface area contributed by atoms with Crippen LogP contribution in [-0.4, -0.2) is 19.2 Å². The molecular formula is C18H17NO3S. The fourth-order valence-corrected chi connectivity index (χ4v) is 3.10. The highest BCUT2D eigenvalue weighted by atomic mass is 32.2. The van der Waals surface area contributed by atoms with E-state index >= 15 is 0 Å². The molecule has 5 heteroatoms. The van der Waals surface area contributed by atoms with Gasteiger partial charge in [-0.3, -0.25) is 0 Å². The number of oxazole rings is 1. The molecule has 23 heavy (non-hydrogen) atoms. The molecule has 0 aliphatic carbocycles. The van der Waals surface area contributed by atoms with Crippen LogP contribution in [0, 0.1) is 6.92 Å². The number of fused-ring (bicyclic) bond motifs is 1. The van der Waals surface area contributed by atoms with Crippen LogP contribution in [0.2, 0.25) is 0 Å². The van der Waals surface area contributed by atoms with Crippen molar-refractivity contribution in [1.29, 1.82) is 0 Å². The van der Waals surface area contributed by atoms with Crippen LogP contribution < -0.4 is 0 Å². The molecule has 118 valence electrons. The minimum Gasteiger partial charge on any atom is -0.437 e. The molecule has 0 amide bonds. The molecular weight excluding hydrogens is 310 g/mol. The summed E-state index contributed by atoms with van der Waals surface area (Å²) >= 11 is 0. The number of benzene rings is 2. The fourth-order valence-electron chi connectivity index (χ4n) is 2.20. The number of hydrogen-bond acceptors (Lipinski definition) is 4. The summed E-state index contributed by atoms with van der Waals surface area (Å²) in [7, 11) is -3.24. The average molecular weight is 327 g/mol. The zero-order chi connectivity index (χ0) is 16.4. The van der Waals surface area contributed by atoms with Crippen molar-refractivity contribution in [2.24, 2.45) is 0 Å². The molecule has 0 aliphatic rings. The summed E-state index contributed by atoms with van der Waals surface area (Å²) in [6.45, 7) is 3.66. The first-order valence-corrected chi connectivity index (χ1v) is 9.01. The van der Waals surface area contributed by atoms with Crippen molar-refractivity contribution in [1.82, 2.24) is 4.98 Å². The number of aryl methyl sites for hydroxylation is 1. The lowest BCUT2D eigenvalue weighted by Crippen LogP contribution is -2.03. The van der Waals surface area contributed by atoms with Crippen LogP contribution in [0.15, 0.2) is 51.8 Å². The van der Waals surface area contributed by atoms with Crippen molar-refractivity contribution in [2.75, 3.05) is 5.75 Å². The molecule has 0 saturated heterocycles. The van der Waals surface area contributed by atoms with Gasteiger partial charge in [0.05, 0.1) is 10.6 Å². The number of sulfone groups is 1. The van der Waals surface area contributed by atoms with Crippen molar-refractivity contribution in [2.45, 2.75) is 18.7 Å². The van der Waals surface area contributed by atoms with Crippen LogP contribution in [0.3, 0.4) is 0 Å². The average Bonchev–Trinajstić information content (AvgIpc) is 2.96. The van der Waals surface area contributed by atoms with Crippen LogP contribution in [0.25, 0.3) is 23.3 Å². The Balaban J connectivity index is 1.92. The van der Waals surface area contributed by atoms with Crippen molar-refractivity contribution >= 4 is 33.1 Å². The quantitative estimate of drug-likeness (QED) is 0.724. The zero-order valence-corrected chi connectivity index (χ0v) is 13.8. The van der Waals surface area contributed by atoms with E-state index in [-0.39, 0.29) is 10.6 Å². The standard InChI is InChI=1S/C18H17NO3S/c1-3-23(20,21)15-9-10-17-16(12-15)19-18(22-17)11-8-14-6-4-13(2)5-7-14/h4-12H,3H2,1-2H3. The van der Waals surface area contributed by atoms with Gasteiger partial charge in [-0.15, -0.1) is 0 Å². The summed E-state index contributed by atoms with van der Waals surface area (Å²) in [5.41, 5.74) is 3.37. The zero-order valence-electron chi connectivity index (χ0n) is 13.0. The van der Waals surface area contributed by atoms with Gasteiger partial charge in [0.25, 0.3) is 0 Å². The number of rotatable bonds is 4. The molecule has 0 radical (unpaired) electrons. The minimum absolute atomic E-state index is 0.0660. The highest BCUT2D eigenvalue weighted by molar-refractivity contribution is 7.91. The first-order valence-electron chi connectivity index (χ1n) is 7.36. The number of aromatic nitrogens is 1. The van der Waals surface area contributed by atoms with E-state index in [1.165, 1.54) is 5.56 Å². The van der Waals surface area contributed by atoms with E-state index in [0.29, 0.717) is 17.0 Å². The number of nitrogens with zero attached hydrogens (tertiary/aromatic N) is 1. The highest BCUT2D eigenvalue weighted by Gasteiger charge is 2.13. The molecule has 0 atom stereocenters. The largest absolute Gasteiger partial charge is 0.437 e. The van der Waals surface area contributed by atoms with Gasteiger partial charge in [-0.05, 0) is 36.8 Å². The Morgan fingerprint density at radius 1 is 1.09 bits per heavy atom. The second-order valence-electron chi connectivity index (χ2n) is 5.33. The third kappa shape index (κ3) is 3.35. The predicted octanol–water partition coefficient (Wildman–Crippen LogP) is 4.10. The first-order chi connectivity index (χ1) is 11.0. The Morgan fingerprint density at radius 3 is 2.52 bits per heavy atom. The van der Waals surface area contributed by atoms with Gasteiger partial charge in [0.1, 0.15) is 5.52 Å². The maximum Gasteiger partial charge on any atom is 0.220 e. The normalized spacial score (nSPS) is 12.3. The van der Waals surface area contributed by atoms with E-state index in [1.807, 2.05) is 37.3 Å². The van der Waals surface area contributed by atoms with Gasteiger partial charge in [0.2, 0.25) is 5.89 Å². The molecule has 0 N–H and O–H groups in total. The van der Waals surface area contributed by atoms with E-state index < -0.39 is 9.84 Å². The van der Waals surface area contributed by atoms with Crippen molar-refractivity contribution < 1.29 is 12.8 Å². The smallest absolute Gasteiger partial charge is 0.220 e. The van der Waals surface area contributed by atoms with E-state index in [2.05, 4.69) is 4.98 Å². The Bertz CT molecular complexity index is 967. The van der Waals surface area contributed by atoms with Gasteiger partial charge in [-0.25, -0.2) is 13.4 Å². The van der Waals surface area contributed by atoms with Crippen LogP contribution in [0.1, 0.15) is 23.9 Å². The Labute approximate surface area is 135 Å². The van der Waals surface area contributed by atoms with Gasteiger partial charge in [0.15, 0.2) is 15.4 Å². The highest BCUT2D eigenvalue weighted by Crippen LogP contribution is 2.21. The van der Waals surface area contributed by atoms with E-state index in [9.17, 15) is 8.42 Å². The van der Waals surface area contributed by atoms with Crippen molar-refractivity contribution in [3.63, 3.8) is 0 Å². The lowest BCUT2D eigenvalue weighted by molar-refractivity contribution is 0.589. The molecule has 0 bridgehead atoms. The van der Waals surface area contributed by atoms with Gasteiger partial charge in [-0.1, -0.05) is 36.8 Å². The SMILES string of the molecule is CCS(=O)(=O)c1ccc2oc(C=Cc3ccc(C)cc3)nc2c1. The third-order valence-electron chi connectivity index (χ3n) is 3.61. The maximum atomic E-state index is 11.9. The second-order valence-corrected chi connectivity index (χ2v) is 7.61. The molecule has 0 fully saturated rings. The van der Waals surface area contributed by atoms with E-state index in [1.54, 1.807) is 31.2 Å². The third-order valence-corrected chi connectivity index (χ3v) is 5.34. The van der Waals surface area contributed by atoms with Gasteiger partial charge in [0, 0.05) is 6.08 Å². The Morgan fingerprint density at radius 2 is 1.83 bits per heavy atom. The van der Waals surface area contributed by atoms with E-state index in [4.69, 9.17) is 4.42 Å². The van der Waals surface area contributed by atoms with Crippen LogP contribution >= 0.6 is 0 Å². The van der Waals surface area contributed by atoms with E-state index in [0.717, 1.165) is 5.56 Å². The topological polar surface area (TPSA) is 60.2 Å². The summed E-state index contributed by atoms with van der Waals surface area (Å²) in [4.78, 5) is 4.61. The van der Waals surface area contributed by atoms with Crippen LogP contribution in [0.4, 0.5) is 0 Å². The molecule has 0 aliphatic heterocycles. The molecule has 2 aromatic carbocycles. The molecule has 1 heterocycles. The molecule has 3 aromatic rings. The second kappa shape index (κ2) is 6.01. The monoisotopic (exact) mass is 327 g/mol. The Kier molecular flexibility index (Phi) is 4.05. The summed E-state index contributed by atoms with van der Waals surface area (Å²) in [5.74, 6) is 0.517. The van der Waals surface area contributed by atoms with Crippen molar-refractivity contribution in [3.8, 4) is 0 Å². The van der Waals surface area contributed by atoms with Crippen molar-refractivity contribution in [3.05, 3.63) is 59.5 Å². The summed E-state index contributed by atoms with van der Waals surface area (Å²) in [6.07, 6.45) is 3.69. The lowest BCUT2D eigenvalue weighted by atomic mass is 10.1. The molecule has 3 rings (SSSR count). The molecule has 1 aromatic heterocycles. The molecule has 0 unspecified atom stereocenters. The predicted molar refractivity (Wildman–Crippen MR) is 91.8 cm³/mol. The first kappa shape index (κ1) is 15.5. The molecule has 0 saturated carbocycles.